The maximum absolute atomic E-state index is 6.21. The van der Waals surface area contributed by atoms with Gasteiger partial charge in [0.15, 0.2) is 0 Å². The fourth-order valence-electron chi connectivity index (χ4n) is 2.84. The quantitative estimate of drug-likeness (QED) is 0.670. The molecule has 2 aliphatic rings. The van der Waals surface area contributed by atoms with Gasteiger partial charge in [0.25, 0.3) is 0 Å². The van der Waals surface area contributed by atoms with E-state index in [1.54, 1.807) is 0 Å². The lowest BCUT2D eigenvalue weighted by Gasteiger charge is -2.41. The SMILES string of the molecule is CC1(N)C=CC2=C(C=C1)C(C)(C)CCC2(C)C. The van der Waals surface area contributed by atoms with Crippen LogP contribution in [0.2, 0.25) is 0 Å². The fourth-order valence-corrected chi connectivity index (χ4v) is 2.84. The summed E-state index contributed by atoms with van der Waals surface area (Å²) in [4.78, 5) is 0. The van der Waals surface area contributed by atoms with Gasteiger partial charge in [0.1, 0.15) is 0 Å². The first kappa shape index (κ1) is 12.6. The van der Waals surface area contributed by atoms with E-state index in [1.807, 2.05) is 0 Å². The summed E-state index contributed by atoms with van der Waals surface area (Å²) in [6.45, 7) is 11.4. The number of nitrogens with two attached hydrogens (primary N) is 1. The third-order valence-corrected chi connectivity index (χ3v) is 4.34. The first-order valence-electron chi connectivity index (χ1n) is 6.57. The van der Waals surface area contributed by atoms with E-state index in [9.17, 15) is 0 Å². The van der Waals surface area contributed by atoms with Crippen molar-refractivity contribution >= 4 is 0 Å². The number of rotatable bonds is 0. The smallest absolute Gasteiger partial charge is 0.0502 e. The van der Waals surface area contributed by atoms with Crippen LogP contribution in [0.4, 0.5) is 0 Å². The topological polar surface area (TPSA) is 26.0 Å². The van der Waals surface area contributed by atoms with Gasteiger partial charge in [-0.15, -0.1) is 0 Å². The fraction of sp³-hybridized carbons (Fsp3) is 0.625. The van der Waals surface area contributed by atoms with Gasteiger partial charge >= 0.3 is 0 Å². The Labute approximate surface area is 105 Å². The maximum Gasteiger partial charge on any atom is 0.0502 e. The average molecular weight is 231 g/mol. The van der Waals surface area contributed by atoms with E-state index >= 15 is 0 Å². The van der Waals surface area contributed by atoms with Gasteiger partial charge in [-0.25, -0.2) is 0 Å². The van der Waals surface area contributed by atoms with Gasteiger partial charge < -0.3 is 5.73 Å². The van der Waals surface area contributed by atoms with E-state index in [0.29, 0.717) is 0 Å². The highest BCUT2D eigenvalue weighted by Crippen LogP contribution is 2.50. The number of allylic oxidation sites excluding steroid dienone is 4. The lowest BCUT2D eigenvalue weighted by atomic mass is 9.63. The summed E-state index contributed by atoms with van der Waals surface area (Å²) in [5.74, 6) is 0. The molecular formula is C16H25N. The Balaban J connectivity index is 2.59. The van der Waals surface area contributed by atoms with Crippen LogP contribution in [0.15, 0.2) is 35.5 Å². The van der Waals surface area contributed by atoms with E-state index in [0.717, 1.165) is 0 Å². The molecule has 1 heteroatoms. The third kappa shape index (κ3) is 2.26. The van der Waals surface area contributed by atoms with Crippen molar-refractivity contribution in [2.75, 3.05) is 0 Å². The molecule has 1 nitrogen and oxygen atoms in total. The molecule has 0 spiro atoms. The van der Waals surface area contributed by atoms with Gasteiger partial charge in [-0.3, -0.25) is 0 Å². The van der Waals surface area contributed by atoms with Crippen molar-refractivity contribution in [1.29, 1.82) is 0 Å². The molecule has 0 aromatic heterocycles. The van der Waals surface area contributed by atoms with Crippen LogP contribution >= 0.6 is 0 Å². The first-order valence-corrected chi connectivity index (χ1v) is 6.57. The zero-order valence-corrected chi connectivity index (χ0v) is 11.8. The van der Waals surface area contributed by atoms with E-state index in [-0.39, 0.29) is 16.4 Å². The summed E-state index contributed by atoms with van der Waals surface area (Å²) >= 11 is 0. The summed E-state index contributed by atoms with van der Waals surface area (Å²) in [5.41, 5.74) is 9.38. The second-order valence-corrected chi connectivity index (χ2v) is 7.13. The van der Waals surface area contributed by atoms with Crippen LogP contribution in [0.25, 0.3) is 0 Å². The molecule has 0 saturated heterocycles. The third-order valence-electron chi connectivity index (χ3n) is 4.34. The first-order chi connectivity index (χ1) is 7.64. The lowest BCUT2D eigenvalue weighted by molar-refractivity contribution is 0.273. The average Bonchev–Trinajstić information content (AvgIpc) is 2.33. The molecule has 2 aliphatic carbocycles. The molecule has 2 rings (SSSR count). The highest BCUT2D eigenvalue weighted by Gasteiger charge is 2.38. The van der Waals surface area contributed by atoms with Crippen LogP contribution in [-0.2, 0) is 0 Å². The van der Waals surface area contributed by atoms with Crippen molar-refractivity contribution in [2.24, 2.45) is 16.6 Å². The molecule has 0 unspecified atom stereocenters. The molecule has 0 aromatic carbocycles. The molecule has 0 radical (unpaired) electrons. The number of hydrogen-bond donors (Lipinski definition) is 1. The zero-order valence-electron chi connectivity index (χ0n) is 11.8. The zero-order chi connectivity index (χ0) is 12.9. The van der Waals surface area contributed by atoms with Crippen molar-refractivity contribution in [1.82, 2.24) is 0 Å². The Morgan fingerprint density at radius 2 is 1.18 bits per heavy atom. The molecule has 17 heavy (non-hydrogen) atoms. The highest BCUT2D eigenvalue weighted by molar-refractivity contribution is 5.47. The van der Waals surface area contributed by atoms with E-state index in [1.165, 1.54) is 24.0 Å². The van der Waals surface area contributed by atoms with Crippen LogP contribution < -0.4 is 5.73 Å². The highest BCUT2D eigenvalue weighted by atomic mass is 14.7. The minimum absolute atomic E-state index is 0.270. The Bertz CT molecular complexity index is 379. The summed E-state index contributed by atoms with van der Waals surface area (Å²) in [7, 11) is 0. The molecule has 0 aromatic rings. The Morgan fingerprint density at radius 3 is 1.53 bits per heavy atom. The van der Waals surface area contributed by atoms with E-state index < -0.39 is 0 Å². The maximum atomic E-state index is 6.21. The molecule has 0 bridgehead atoms. The predicted molar refractivity (Wildman–Crippen MR) is 74.7 cm³/mol. The van der Waals surface area contributed by atoms with E-state index in [2.05, 4.69) is 58.9 Å². The summed E-state index contributed by atoms with van der Waals surface area (Å²) in [5, 5.41) is 0. The van der Waals surface area contributed by atoms with Crippen LogP contribution in [0, 0.1) is 10.8 Å². The van der Waals surface area contributed by atoms with Crippen LogP contribution in [0.1, 0.15) is 47.5 Å². The molecule has 0 heterocycles. The summed E-state index contributed by atoms with van der Waals surface area (Å²) in [6.07, 6.45) is 11.3. The van der Waals surface area contributed by atoms with Crippen LogP contribution in [0.3, 0.4) is 0 Å². The molecule has 0 saturated carbocycles. The molecule has 0 aliphatic heterocycles. The predicted octanol–water partition coefficient (Wildman–Crippen LogP) is 3.97. The van der Waals surface area contributed by atoms with Crippen molar-refractivity contribution in [3.8, 4) is 0 Å². The molecule has 0 fully saturated rings. The second kappa shape index (κ2) is 3.58. The molecule has 2 N–H and O–H groups in total. The van der Waals surface area contributed by atoms with Gasteiger partial charge in [0, 0.05) is 0 Å². The van der Waals surface area contributed by atoms with Crippen molar-refractivity contribution in [3.05, 3.63) is 35.5 Å². The van der Waals surface area contributed by atoms with Gasteiger partial charge in [-0.1, -0.05) is 52.0 Å². The molecule has 94 valence electrons. The summed E-state index contributed by atoms with van der Waals surface area (Å²) < 4.78 is 0. The van der Waals surface area contributed by atoms with Crippen molar-refractivity contribution in [2.45, 2.75) is 53.0 Å². The standard InChI is InChI=1S/C16H25N/c1-14(2)10-11-15(3,4)13-7-9-16(5,17)8-6-12(13)14/h6-9H,10-11,17H2,1-5H3. The van der Waals surface area contributed by atoms with Crippen molar-refractivity contribution in [3.63, 3.8) is 0 Å². The lowest BCUT2D eigenvalue weighted by Crippen LogP contribution is -2.30. The largest absolute Gasteiger partial charge is 0.319 e. The summed E-state index contributed by atoms with van der Waals surface area (Å²) in [6, 6.07) is 0. The minimum Gasteiger partial charge on any atom is -0.319 e. The van der Waals surface area contributed by atoms with Crippen LogP contribution in [0.5, 0.6) is 0 Å². The molecule has 0 atom stereocenters. The Kier molecular flexibility index (Phi) is 2.66. The van der Waals surface area contributed by atoms with Gasteiger partial charge in [0.2, 0.25) is 0 Å². The minimum atomic E-state index is -0.316. The normalized spacial score (nSPS) is 28.8. The van der Waals surface area contributed by atoms with Crippen LogP contribution in [-0.4, -0.2) is 5.54 Å². The Morgan fingerprint density at radius 1 is 0.824 bits per heavy atom. The Hall–Kier alpha value is -0.820. The second-order valence-electron chi connectivity index (χ2n) is 7.13. The van der Waals surface area contributed by atoms with E-state index in [4.69, 9.17) is 5.73 Å². The van der Waals surface area contributed by atoms with Crippen molar-refractivity contribution < 1.29 is 0 Å². The van der Waals surface area contributed by atoms with Gasteiger partial charge in [-0.2, -0.15) is 0 Å². The van der Waals surface area contributed by atoms with Gasteiger partial charge in [0.05, 0.1) is 5.54 Å². The number of hydrogen-bond acceptors (Lipinski definition) is 1. The monoisotopic (exact) mass is 231 g/mol. The van der Waals surface area contributed by atoms with Gasteiger partial charge in [-0.05, 0) is 41.7 Å². The molecule has 0 amide bonds. The molecular weight excluding hydrogens is 206 g/mol.